The Hall–Kier alpha value is -3.19. The number of hydrogen-bond donors (Lipinski definition) is 2. The van der Waals surface area contributed by atoms with Crippen LogP contribution in [0.2, 0.25) is 5.02 Å². The SMILES string of the molecule is CCCC(=O)Nc1ccc(Cl)c(NC(=O)C=Cc2cccc([N+](=O)[O-])c2)c1. The van der Waals surface area contributed by atoms with Gasteiger partial charge in [0.1, 0.15) is 0 Å². The Morgan fingerprint density at radius 1 is 1.19 bits per heavy atom. The zero-order valence-electron chi connectivity index (χ0n) is 14.6. The number of hydrogen-bond acceptors (Lipinski definition) is 4. The molecule has 2 N–H and O–H groups in total. The largest absolute Gasteiger partial charge is 0.326 e. The van der Waals surface area contributed by atoms with Crippen molar-refractivity contribution in [2.75, 3.05) is 10.6 Å². The molecule has 0 saturated carbocycles. The Kier molecular flexibility index (Phi) is 7.08. The van der Waals surface area contributed by atoms with E-state index in [0.717, 1.165) is 6.42 Å². The molecule has 2 amide bonds. The van der Waals surface area contributed by atoms with Gasteiger partial charge in [0, 0.05) is 30.3 Å². The summed E-state index contributed by atoms with van der Waals surface area (Å²) in [5, 5.41) is 16.4. The van der Waals surface area contributed by atoms with E-state index in [1.807, 2.05) is 6.92 Å². The molecule has 0 aromatic heterocycles. The smallest absolute Gasteiger partial charge is 0.270 e. The first-order chi connectivity index (χ1) is 12.9. The highest BCUT2D eigenvalue weighted by Gasteiger charge is 2.08. The lowest BCUT2D eigenvalue weighted by Gasteiger charge is -2.09. The summed E-state index contributed by atoms with van der Waals surface area (Å²) >= 11 is 6.08. The van der Waals surface area contributed by atoms with Crippen molar-refractivity contribution in [3.05, 3.63) is 69.2 Å². The van der Waals surface area contributed by atoms with Crippen molar-refractivity contribution in [3.63, 3.8) is 0 Å². The molecule has 0 aliphatic heterocycles. The second-order valence-electron chi connectivity index (χ2n) is 5.67. The maximum atomic E-state index is 12.1. The van der Waals surface area contributed by atoms with Crippen molar-refractivity contribution in [2.45, 2.75) is 19.8 Å². The molecular formula is C19H18ClN3O4. The second-order valence-corrected chi connectivity index (χ2v) is 6.07. The van der Waals surface area contributed by atoms with E-state index in [4.69, 9.17) is 11.6 Å². The highest BCUT2D eigenvalue weighted by Crippen LogP contribution is 2.26. The van der Waals surface area contributed by atoms with E-state index in [1.54, 1.807) is 24.3 Å². The van der Waals surface area contributed by atoms with Gasteiger partial charge < -0.3 is 10.6 Å². The molecule has 0 atom stereocenters. The molecule has 0 saturated heterocycles. The molecular weight excluding hydrogens is 370 g/mol. The predicted octanol–water partition coefficient (Wildman–Crippen LogP) is 4.64. The molecule has 8 heteroatoms. The lowest BCUT2D eigenvalue weighted by Crippen LogP contribution is -2.12. The first kappa shape index (κ1) is 20.1. The lowest BCUT2D eigenvalue weighted by molar-refractivity contribution is -0.384. The average molecular weight is 388 g/mol. The summed E-state index contributed by atoms with van der Waals surface area (Å²) < 4.78 is 0. The summed E-state index contributed by atoms with van der Waals surface area (Å²) in [6.45, 7) is 1.90. The first-order valence-corrected chi connectivity index (χ1v) is 8.59. The number of nitro groups is 1. The number of rotatable bonds is 7. The zero-order chi connectivity index (χ0) is 19.8. The van der Waals surface area contributed by atoms with Crippen LogP contribution in [0.15, 0.2) is 48.5 Å². The summed E-state index contributed by atoms with van der Waals surface area (Å²) in [5.41, 5.74) is 1.33. The van der Waals surface area contributed by atoms with Crippen LogP contribution in [0.4, 0.5) is 17.1 Å². The van der Waals surface area contributed by atoms with Crippen molar-refractivity contribution in [3.8, 4) is 0 Å². The molecule has 0 aliphatic carbocycles. The van der Waals surface area contributed by atoms with Crippen LogP contribution in [-0.4, -0.2) is 16.7 Å². The monoisotopic (exact) mass is 387 g/mol. The number of nitrogens with zero attached hydrogens (tertiary/aromatic N) is 1. The number of carbonyl (C=O) groups is 2. The van der Waals surface area contributed by atoms with Gasteiger partial charge in [0.15, 0.2) is 0 Å². The quantitative estimate of drug-likeness (QED) is 0.410. The van der Waals surface area contributed by atoms with Gasteiger partial charge in [-0.3, -0.25) is 19.7 Å². The van der Waals surface area contributed by atoms with Gasteiger partial charge in [-0.05, 0) is 36.3 Å². The number of nitro benzene ring substituents is 1. The van der Waals surface area contributed by atoms with Crippen LogP contribution in [0.3, 0.4) is 0 Å². The molecule has 27 heavy (non-hydrogen) atoms. The van der Waals surface area contributed by atoms with Gasteiger partial charge in [-0.1, -0.05) is 30.7 Å². The predicted molar refractivity (Wildman–Crippen MR) is 106 cm³/mol. The van der Waals surface area contributed by atoms with E-state index in [1.165, 1.54) is 30.4 Å². The van der Waals surface area contributed by atoms with Crippen LogP contribution in [-0.2, 0) is 9.59 Å². The van der Waals surface area contributed by atoms with Crippen LogP contribution < -0.4 is 10.6 Å². The zero-order valence-corrected chi connectivity index (χ0v) is 15.3. The fourth-order valence-corrected chi connectivity index (χ4v) is 2.40. The van der Waals surface area contributed by atoms with E-state index in [9.17, 15) is 19.7 Å². The van der Waals surface area contributed by atoms with Crippen molar-refractivity contribution in [1.82, 2.24) is 0 Å². The van der Waals surface area contributed by atoms with E-state index in [0.29, 0.717) is 28.4 Å². The molecule has 2 aromatic carbocycles. The van der Waals surface area contributed by atoms with Crippen molar-refractivity contribution in [1.29, 1.82) is 0 Å². The first-order valence-electron chi connectivity index (χ1n) is 8.22. The molecule has 0 aliphatic rings. The molecule has 2 aromatic rings. The van der Waals surface area contributed by atoms with E-state index >= 15 is 0 Å². The van der Waals surface area contributed by atoms with Gasteiger partial charge in [0.25, 0.3) is 5.69 Å². The summed E-state index contributed by atoms with van der Waals surface area (Å²) in [6, 6.07) is 10.7. The molecule has 0 bridgehead atoms. The topological polar surface area (TPSA) is 101 Å². The average Bonchev–Trinajstić information content (AvgIpc) is 2.63. The Balaban J connectivity index is 2.07. The number of halogens is 1. The summed E-state index contributed by atoms with van der Waals surface area (Å²) in [4.78, 5) is 34.1. The molecule has 0 fully saturated rings. The Bertz CT molecular complexity index is 896. The Morgan fingerprint density at radius 2 is 1.96 bits per heavy atom. The van der Waals surface area contributed by atoms with E-state index < -0.39 is 10.8 Å². The summed E-state index contributed by atoms with van der Waals surface area (Å²) in [6.07, 6.45) is 3.84. The number of benzene rings is 2. The summed E-state index contributed by atoms with van der Waals surface area (Å²) in [5.74, 6) is -0.580. The number of carbonyl (C=O) groups excluding carboxylic acids is 2. The van der Waals surface area contributed by atoms with Gasteiger partial charge in [-0.25, -0.2) is 0 Å². The molecule has 2 rings (SSSR count). The fourth-order valence-electron chi connectivity index (χ4n) is 2.24. The third kappa shape index (κ3) is 6.23. The molecule has 0 unspecified atom stereocenters. The van der Waals surface area contributed by atoms with Gasteiger partial charge in [-0.15, -0.1) is 0 Å². The van der Waals surface area contributed by atoms with Crippen LogP contribution in [0.5, 0.6) is 0 Å². The van der Waals surface area contributed by atoms with Crippen molar-refractivity contribution >= 4 is 46.6 Å². The van der Waals surface area contributed by atoms with Gasteiger partial charge in [0.05, 0.1) is 15.6 Å². The third-order valence-corrected chi connectivity index (χ3v) is 3.82. The highest BCUT2D eigenvalue weighted by molar-refractivity contribution is 6.34. The number of anilines is 2. The summed E-state index contributed by atoms with van der Waals surface area (Å²) in [7, 11) is 0. The van der Waals surface area contributed by atoms with Gasteiger partial charge >= 0.3 is 0 Å². The van der Waals surface area contributed by atoms with Crippen LogP contribution in [0.25, 0.3) is 6.08 Å². The third-order valence-electron chi connectivity index (χ3n) is 3.49. The van der Waals surface area contributed by atoms with Crippen LogP contribution in [0.1, 0.15) is 25.3 Å². The van der Waals surface area contributed by atoms with Crippen LogP contribution >= 0.6 is 11.6 Å². The Morgan fingerprint density at radius 3 is 2.67 bits per heavy atom. The highest BCUT2D eigenvalue weighted by atomic mass is 35.5. The molecule has 140 valence electrons. The van der Waals surface area contributed by atoms with Crippen molar-refractivity contribution < 1.29 is 14.5 Å². The lowest BCUT2D eigenvalue weighted by atomic mass is 10.2. The normalized spacial score (nSPS) is 10.6. The minimum atomic E-state index is -0.504. The van der Waals surface area contributed by atoms with Crippen molar-refractivity contribution in [2.24, 2.45) is 0 Å². The minimum Gasteiger partial charge on any atom is -0.326 e. The number of non-ortho nitro benzene ring substituents is 1. The Labute approximate surface area is 161 Å². The maximum Gasteiger partial charge on any atom is 0.270 e. The van der Waals surface area contributed by atoms with Gasteiger partial charge in [-0.2, -0.15) is 0 Å². The van der Waals surface area contributed by atoms with E-state index in [2.05, 4.69) is 10.6 Å². The molecule has 7 nitrogen and oxygen atoms in total. The van der Waals surface area contributed by atoms with Gasteiger partial charge in [0.2, 0.25) is 11.8 Å². The van der Waals surface area contributed by atoms with Crippen LogP contribution in [0, 0.1) is 10.1 Å². The standard InChI is InChI=1S/C19H18ClN3O4/c1-2-4-18(24)21-14-8-9-16(20)17(12-14)22-19(25)10-7-13-5-3-6-15(11-13)23(26)27/h3,5-12H,2,4H2,1H3,(H,21,24)(H,22,25). The molecule has 0 radical (unpaired) electrons. The fraction of sp³-hybridized carbons (Fsp3) is 0.158. The number of amides is 2. The van der Waals surface area contributed by atoms with E-state index in [-0.39, 0.29) is 11.6 Å². The number of nitrogens with one attached hydrogen (secondary N) is 2. The maximum absolute atomic E-state index is 12.1. The minimum absolute atomic E-state index is 0.0591. The molecule has 0 heterocycles. The second kappa shape index (κ2) is 9.49. The molecule has 0 spiro atoms.